The molecular weight excluding hydrogens is 192 g/mol. The van der Waals surface area contributed by atoms with Crippen LogP contribution in [0.1, 0.15) is 15.9 Å². The van der Waals surface area contributed by atoms with Crippen molar-refractivity contribution in [3.8, 4) is 5.75 Å². The van der Waals surface area contributed by atoms with E-state index in [1.54, 1.807) is 25.1 Å². The molecule has 0 aromatic heterocycles. The summed E-state index contributed by atoms with van der Waals surface area (Å²) in [7, 11) is 1.49. The summed E-state index contributed by atoms with van der Waals surface area (Å²) in [4.78, 5) is 11.2. The van der Waals surface area contributed by atoms with E-state index in [1.807, 2.05) is 0 Å². The Kier molecular flexibility index (Phi) is 3.14. The van der Waals surface area contributed by atoms with Gasteiger partial charge in [0.05, 0.1) is 7.11 Å². The summed E-state index contributed by atoms with van der Waals surface area (Å²) in [6, 6.07) is 5.25. The first-order chi connectivity index (χ1) is 6.20. The van der Waals surface area contributed by atoms with Crippen LogP contribution in [0.2, 0.25) is 0 Å². The number of carbonyl (C=O) groups excluding carboxylic acids is 1. The van der Waals surface area contributed by atoms with E-state index >= 15 is 0 Å². The molecule has 4 heteroatoms. The van der Waals surface area contributed by atoms with Crippen LogP contribution in [0.15, 0.2) is 18.2 Å². The van der Waals surface area contributed by atoms with Crippen LogP contribution in [0.4, 0.5) is 0 Å². The predicted molar refractivity (Wildman–Crippen MR) is 49.0 cm³/mol. The van der Waals surface area contributed by atoms with Crippen LogP contribution in [0.3, 0.4) is 0 Å². The van der Waals surface area contributed by atoms with Gasteiger partial charge in [-0.1, -0.05) is 12.1 Å². The topological polar surface area (TPSA) is 35.5 Å². The summed E-state index contributed by atoms with van der Waals surface area (Å²) >= 11 is 4.98. The second kappa shape index (κ2) is 4.14. The fourth-order valence-corrected chi connectivity index (χ4v) is 1.19. The Morgan fingerprint density at radius 2 is 2.15 bits per heavy atom. The zero-order chi connectivity index (χ0) is 9.84. The maximum absolute atomic E-state index is 11.2. The molecular formula is C9H9ClO3. The first-order valence-corrected chi connectivity index (χ1v) is 3.98. The van der Waals surface area contributed by atoms with Gasteiger partial charge in [-0.15, -0.1) is 0 Å². The maximum Gasteiger partial charge on any atom is 0.360 e. The summed E-state index contributed by atoms with van der Waals surface area (Å²) in [5, 5.41) is 0. The van der Waals surface area contributed by atoms with Crippen molar-refractivity contribution in [1.29, 1.82) is 0 Å². The molecule has 0 bridgehead atoms. The number of hydrogen-bond acceptors (Lipinski definition) is 3. The van der Waals surface area contributed by atoms with E-state index in [0.717, 1.165) is 5.56 Å². The molecule has 1 rings (SSSR count). The third-order valence-electron chi connectivity index (χ3n) is 1.73. The molecule has 0 aliphatic heterocycles. The van der Waals surface area contributed by atoms with Gasteiger partial charge in [-0.3, -0.25) is 0 Å². The first kappa shape index (κ1) is 9.86. The van der Waals surface area contributed by atoms with Crippen molar-refractivity contribution in [3.63, 3.8) is 0 Å². The van der Waals surface area contributed by atoms with Crippen molar-refractivity contribution in [2.45, 2.75) is 6.92 Å². The molecule has 0 aliphatic carbocycles. The van der Waals surface area contributed by atoms with Crippen molar-refractivity contribution in [1.82, 2.24) is 0 Å². The molecule has 0 fully saturated rings. The minimum atomic E-state index is -0.600. The van der Waals surface area contributed by atoms with Crippen LogP contribution < -0.4 is 4.74 Å². The normalized spacial score (nSPS) is 9.46. The van der Waals surface area contributed by atoms with Crippen LogP contribution in [0.5, 0.6) is 5.75 Å². The third-order valence-corrected chi connectivity index (χ3v) is 1.87. The van der Waals surface area contributed by atoms with Crippen LogP contribution >= 0.6 is 11.9 Å². The second-order valence-corrected chi connectivity index (χ2v) is 2.67. The van der Waals surface area contributed by atoms with Crippen LogP contribution in [0.25, 0.3) is 0 Å². The Hall–Kier alpha value is -1.22. The number of hydrogen-bond donors (Lipinski definition) is 0. The number of carbonyl (C=O) groups is 1. The standard InChI is InChI=1S/C9H9ClO3/c1-6-4-3-5-7(12-2)8(6)9(11)13-10/h3-5H,1-2H3. The van der Waals surface area contributed by atoms with Crippen molar-refractivity contribution in [3.05, 3.63) is 29.3 Å². The summed E-state index contributed by atoms with van der Waals surface area (Å²) in [6.45, 7) is 1.78. The van der Waals surface area contributed by atoms with Crippen molar-refractivity contribution >= 4 is 17.8 Å². The van der Waals surface area contributed by atoms with Crippen molar-refractivity contribution < 1.29 is 13.8 Å². The average molecular weight is 201 g/mol. The number of rotatable bonds is 2. The van der Waals surface area contributed by atoms with Gasteiger partial charge < -0.3 is 9.03 Å². The zero-order valence-corrected chi connectivity index (χ0v) is 8.09. The predicted octanol–water partition coefficient (Wildman–Crippen LogP) is 2.31. The SMILES string of the molecule is COc1cccc(C)c1C(=O)OCl. The van der Waals surface area contributed by atoms with Gasteiger partial charge >= 0.3 is 5.97 Å². The number of benzene rings is 1. The molecule has 0 saturated carbocycles. The van der Waals surface area contributed by atoms with Crippen LogP contribution in [-0.2, 0) is 4.29 Å². The molecule has 3 nitrogen and oxygen atoms in total. The Labute approximate surface area is 81.4 Å². The van der Waals surface area contributed by atoms with Gasteiger partial charge in [0.15, 0.2) is 0 Å². The quantitative estimate of drug-likeness (QED) is 0.735. The summed E-state index contributed by atoms with van der Waals surface area (Å²) < 4.78 is 9.10. The molecule has 0 unspecified atom stereocenters. The van der Waals surface area contributed by atoms with E-state index < -0.39 is 5.97 Å². The van der Waals surface area contributed by atoms with E-state index in [-0.39, 0.29) is 0 Å². The molecule has 0 radical (unpaired) electrons. The van der Waals surface area contributed by atoms with Gasteiger partial charge in [0.1, 0.15) is 23.2 Å². The van der Waals surface area contributed by atoms with Crippen LogP contribution in [0, 0.1) is 6.92 Å². The fourth-order valence-electron chi connectivity index (χ4n) is 1.11. The van der Waals surface area contributed by atoms with Gasteiger partial charge in [-0.25, -0.2) is 4.79 Å². The van der Waals surface area contributed by atoms with Gasteiger partial charge in [0.25, 0.3) is 0 Å². The smallest absolute Gasteiger partial charge is 0.360 e. The minimum Gasteiger partial charge on any atom is -0.496 e. The Balaban J connectivity index is 3.22. The highest BCUT2D eigenvalue weighted by Gasteiger charge is 2.15. The van der Waals surface area contributed by atoms with E-state index in [9.17, 15) is 4.79 Å². The minimum absolute atomic E-state index is 0.361. The van der Waals surface area contributed by atoms with E-state index in [0.29, 0.717) is 11.3 Å². The van der Waals surface area contributed by atoms with E-state index in [4.69, 9.17) is 16.6 Å². The van der Waals surface area contributed by atoms with E-state index in [2.05, 4.69) is 4.29 Å². The number of halogens is 1. The molecule has 70 valence electrons. The van der Waals surface area contributed by atoms with E-state index in [1.165, 1.54) is 7.11 Å². The fraction of sp³-hybridized carbons (Fsp3) is 0.222. The van der Waals surface area contributed by atoms with Crippen molar-refractivity contribution in [2.75, 3.05) is 7.11 Å². The van der Waals surface area contributed by atoms with Gasteiger partial charge in [0.2, 0.25) is 0 Å². The molecule has 1 aromatic rings. The molecule has 1 aromatic carbocycles. The maximum atomic E-state index is 11.2. The van der Waals surface area contributed by atoms with Crippen LogP contribution in [-0.4, -0.2) is 13.1 Å². The summed E-state index contributed by atoms with van der Waals surface area (Å²) in [6.07, 6.45) is 0. The molecule has 0 aliphatic rings. The molecule has 0 amide bonds. The molecule has 0 heterocycles. The highest BCUT2D eigenvalue weighted by Crippen LogP contribution is 2.22. The summed E-state index contributed by atoms with van der Waals surface area (Å²) in [5.74, 6) is -0.137. The molecule has 0 atom stereocenters. The molecule has 0 spiro atoms. The Morgan fingerprint density at radius 1 is 1.46 bits per heavy atom. The van der Waals surface area contributed by atoms with Gasteiger partial charge in [-0.05, 0) is 18.6 Å². The molecule has 0 saturated heterocycles. The van der Waals surface area contributed by atoms with Gasteiger partial charge in [0, 0.05) is 0 Å². The Morgan fingerprint density at radius 3 is 2.69 bits per heavy atom. The average Bonchev–Trinajstić information content (AvgIpc) is 2.16. The monoisotopic (exact) mass is 200 g/mol. The lowest BCUT2D eigenvalue weighted by Gasteiger charge is -2.07. The number of methoxy groups -OCH3 is 1. The van der Waals surface area contributed by atoms with Crippen molar-refractivity contribution in [2.24, 2.45) is 0 Å². The number of ether oxygens (including phenoxy) is 1. The highest BCUT2D eigenvalue weighted by molar-refractivity contribution is 6.16. The first-order valence-electron chi connectivity index (χ1n) is 3.67. The summed E-state index contributed by atoms with van der Waals surface area (Å²) in [5.41, 5.74) is 1.13. The lowest BCUT2D eigenvalue weighted by atomic mass is 10.1. The largest absolute Gasteiger partial charge is 0.496 e. The highest BCUT2D eigenvalue weighted by atomic mass is 35.5. The number of aryl methyl sites for hydroxylation is 1. The Bertz CT molecular complexity index is 323. The second-order valence-electron chi connectivity index (χ2n) is 2.52. The zero-order valence-electron chi connectivity index (χ0n) is 7.33. The van der Waals surface area contributed by atoms with Gasteiger partial charge in [-0.2, -0.15) is 0 Å². The third kappa shape index (κ3) is 1.92. The lowest BCUT2D eigenvalue weighted by molar-refractivity contribution is 0.0747. The lowest BCUT2D eigenvalue weighted by Crippen LogP contribution is -2.04. The molecule has 0 N–H and O–H groups in total. The molecule has 13 heavy (non-hydrogen) atoms.